The van der Waals surface area contributed by atoms with E-state index >= 15 is 0 Å². The monoisotopic (exact) mass is 302 g/mol. The third kappa shape index (κ3) is 3.08. The summed E-state index contributed by atoms with van der Waals surface area (Å²) in [7, 11) is 0. The number of hydrogen-bond acceptors (Lipinski definition) is 2. The van der Waals surface area contributed by atoms with Crippen molar-refractivity contribution in [2.75, 3.05) is 32.7 Å². The SMILES string of the molecule is CC[NH+]1CC[NH+](Cc2cc(=O)oc3cc(C)c(C)cc23)CC1. The Balaban J connectivity index is 1.90. The van der Waals surface area contributed by atoms with Crippen molar-refractivity contribution in [2.45, 2.75) is 27.3 Å². The zero-order valence-corrected chi connectivity index (χ0v) is 13.8. The Bertz CT molecular complexity index is 728. The van der Waals surface area contributed by atoms with E-state index in [1.807, 2.05) is 6.07 Å². The van der Waals surface area contributed by atoms with Crippen LogP contribution in [0.25, 0.3) is 11.0 Å². The molecule has 1 aliphatic heterocycles. The van der Waals surface area contributed by atoms with E-state index < -0.39 is 0 Å². The van der Waals surface area contributed by atoms with Crippen LogP contribution in [0.2, 0.25) is 0 Å². The van der Waals surface area contributed by atoms with Crippen molar-refractivity contribution < 1.29 is 14.2 Å². The third-order valence-corrected chi connectivity index (χ3v) is 5.05. The Labute approximate surface area is 131 Å². The molecule has 0 spiro atoms. The van der Waals surface area contributed by atoms with Crippen LogP contribution < -0.4 is 15.4 Å². The molecule has 0 amide bonds. The number of benzene rings is 1. The van der Waals surface area contributed by atoms with Crippen molar-refractivity contribution in [3.8, 4) is 0 Å². The van der Waals surface area contributed by atoms with Gasteiger partial charge in [-0.3, -0.25) is 0 Å². The summed E-state index contributed by atoms with van der Waals surface area (Å²) in [5.74, 6) is 0. The van der Waals surface area contributed by atoms with Crippen molar-refractivity contribution in [1.82, 2.24) is 0 Å². The topological polar surface area (TPSA) is 39.1 Å². The highest BCUT2D eigenvalue weighted by Crippen LogP contribution is 2.21. The molecular weight excluding hydrogens is 276 g/mol. The van der Waals surface area contributed by atoms with Gasteiger partial charge in [-0.05, 0) is 44.0 Å². The summed E-state index contributed by atoms with van der Waals surface area (Å²) >= 11 is 0. The van der Waals surface area contributed by atoms with Crippen LogP contribution in [-0.4, -0.2) is 32.7 Å². The Morgan fingerprint density at radius 1 is 1.00 bits per heavy atom. The maximum atomic E-state index is 11.9. The molecule has 22 heavy (non-hydrogen) atoms. The van der Waals surface area contributed by atoms with Gasteiger partial charge in [-0.25, -0.2) is 4.79 Å². The first-order valence-electron chi connectivity index (χ1n) is 8.28. The Hall–Kier alpha value is -1.65. The van der Waals surface area contributed by atoms with Gasteiger partial charge in [0.1, 0.15) is 38.3 Å². The summed E-state index contributed by atoms with van der Waals surface area (Å²) in [6.45, 7) is 13.4. The second kappa shape index (κ2) is 6.23. The van der Waals surface area contributed by atoms with Gasteiger partial charge >= 0.3 is 5.63 Å². The Morgan fingerprint density at radius 2 is 1.64 bits per heavy atom. The molecule has 1 aromatic heterocycles. The van der Waals surface area contributed by atoms with Crippen LogP contribution >= 0.6 is 0 Å². The number of quaternary nitrogens is 2. The maximum Gasteiger partial charge on any atom is 0.336 e. The summed E-state index contributed by atoms with van der Waals surface area (Å²) in [6, 6.07) is 5.84. The van der Waals surface area contributed by atoms with Gasteiger partial charge in [0, 0.05) is 17.0 Å². The van der Waals surface area contributed by atoms with E-state index in [9.17, 15) is 4.79 Å². The van der Waals surface area contributed by atoms with E-state index in [2.05, 4.69) is 26.8 Å². The molecule has 1 saturated heterocycles. The van der Waals surface area contributed by atoms with Crippen LogP contribution in [0.4, 0.5) is 0 Å². The second-order valence-corrected chi connectivity index (χ2v) is 6.55. The first-order valence-corrected chi connectivity index (χ1v) is 8.28. The fourth-order valence-electron chi connectivity index (χ4n) is 3.39. The van der Waals surface area contributed by atoms with Crippen molar-refractivity contribution in [3.63, 3.8) is 0 Å². The van der Waals surface area contributed by atoms with Crippen LogP contribution in [0, 0.1) is 13.8 Å². The first kappa shape index (κ1) is 15.3. The third-order valence-electron chi connectivity index (χ3n) is 5.05. The smallest absolute Gasteiger partial charge is 0.336 e. The molecule has 2 heterocycles. The largest absolute Gasteiger partial charge is 0.423 e. The Kier molecular flexibility index (Phi) is 4.32. The number of rotatable bonds is 3. The van der Waals surface area contributed by atoms with Gasteiger partial charge in [-0.1, -0.05) is 0 Å². The number of piperazine rings is 1. The second-order valence-electron chi connectivity index (χ2n) is 6.55. The van der Waals surface area contributed by atoms with E-state index in [1.54, 1.807) is 15.9 Å². The summed E-state index contributed by atoms with van der Waals surface area (Å²) in [4.78, 5) is 15.1. The van der Waals surface area contributed by atoms with Crippen LogP contribution in [0.15, 0.2) is 27.4 Å². The minimum absolute atomic E-state index is 0.233. The summed E-state index contributed by atoms with van der Waals surface area (Å²) in [6.07, 6.45) is 0. The Morgan fingerprint density at radius 3 is 2.32 bits per heavy atom. The van der Waals surface area contributed by atoms with Gasteiger partial charge in [0.15, 0.2) is 0 Å². The van der Waals surface area contributed by atoms with Gasteiger partial charge in [-0.2, -0.15) is 0 Å². The molecule has 1 aliphatic rings. The molecule has 0 unspecified atom stereocenters. The molecule has 2 aromatic rings. The lowest BCUT2D eigenvalue weighted by molar-refractivity contribution is -1.02. The van der Waals surface area contributed by atoms with E-state index in [-0.39, 0.29) is 5.63 Å². The fraction of sp³-hybridized carbons (Fsp3) is 0.500. The minimum Gasteiger partial charge on any atom is -0.423 e. The molecule has 0 aliphatic carbocycles. The van der Waals surface area contributed by atoms with E-state index in [4.69, 9.17) is 4.42 Å². The molecule has 118 valence electrons. The molecule has 0 bridgehead atoms. The highest BCUT2D eigenvalue weighted by Gasteiger charge is 2.22. The highest BCUT2D eigenvalue weighted by atomic mass is 16.4. The summed E-state index contributed by atoms with van der Waals surface area (Å²) in [5.41, 5.74) is 4.04. The van der Waals surface area contributed by atoms with Crippen LogP contribution in [-0.2, 0) is 6.54 Å². The standard InChI is InChI=1S/C18H24N2O2/c1-4-19-5-7-20(8-6-19)12-15-11-18(21)22-17-10-14(3)13(2)9-16(15)17/h9-11H,4-8,12H2,1-3H3/p+2. The molecule has 2 N–H and O–H groups in total. The van der Waals surface area contributed by atoms with Gasteiger partial charge in [-0.15, -0.1) is 0 Å². The van der Waals surface area contributed by atoms with Crippen LogP contribution in [0.1, 0.15) is 23.6 Å². The lowest BCUT2D eigenvalue weighted by Crippen LogP contribution is -3.27. The molecule has 0 atom stereocenters. The van der Waals surface area contributed by atoms with Crippen LogP contribution in [0.3, 0.4) is 0 Å². The maximum absolute atomic E-state index is 11.9. The predicted molar refractivity (Wildman–Crippen MR) is 87.6 cm³/mol. The predicted octanol–water partition coefficient (Wildman–Crippen LogP) is -0.287. The number of hydrogen-bond donors (Lipinski definition) is 2. The zero-order chi connectivity index (χ0) is 15.7. The van der Waals surface area contributed by atoms with Gasteiger partial charge < -0.3 is 14.2 Å². The van der Waals surface area contributed by atoms with Crippen LogP contribution in [0.5, 0.6) is 0 Å². The molecular formula is C18H26N2O2+2. The molecule has 0 radical (unpaired) electrons. The van der Waals surface area contributed by atoms with Crippen molar-refractivity contribution >= 4 is 11.0 Å². The quantitative estimate of drug-likeness (QED) is 0.765. The van der Waals surface area contributed by atoms with Crippen molar-refractivity contribution in [1.29, 1.82) is 0 Å². The number of fused-ring (bicyclic) bond motifs is 1. The average molecular weight is 302 g/mol. The van der Waals surface area contributed by atoms with Gasteiger partial charge in [0.25, 0.3) is 0 Å². The lowest BCUT2D eigenvalue weighted by atomic mass is 10.0. The molecule has 4 heteroatoms. The van der Waals surface area contributed by atoms with Gasteiger partial charge in [0.2, 0.25) is 0 Å². The van der Waals surface area contributed by atoms with Gasteiger partial charge in [0.05, 0.1) is 6.54 Å². The minimum atomic E-state index is -0.233. The fourth-order valence-corrected chi connectivity index (χ4v) is 3.39. The number of aryl methyl sites for hydroxylation is 2. The molecule has 4 nitrogen and oxygen atoms in total. The lowest BCUT2D eigenvalue weighted by Gasteiger charge is -2.29. The summed E-state index contributed by atoms with van der Waals surface area (Å²) in [5, 5.41) is 1.10. The number of likely N-dealkylation sites (N-methyl/N-ethyl adjacent to an activating group) is 1. The molecule has 0 saturated carbocycles. The zero-order valence-electron chi connectivity index (χ0n) is 13.8. The summed E-state index contributed by atoms with van der Waals surface area (Å²) < 4.78 is 5.39. The average Bonchev–Trinajstić information content (AvgIpc) is 2.50. The molecule has 3 rings (SSSR count). The van der Waals surface area contributed by atoms with Crippen molar-refractivity contribution in [2.24, 2.45) is 0 Å². The first-order chi connectivity index (χ1) is 10.6. The molecule has 1 fully saturated rings. The molecule has 1 aromatic carbocycles. The van der Waals surface area contributed by atoms with E-state index in [0.29, 0.717) is 0 Å². The van der Waals surface area contributed by atoms with E-state index in [1.165, 1.54) is 43.9 Å². The number of nitrogens with one attached hydrogen (secondary N) is 2. The van der Waals surface area contributed by atoms with Crippen molar-refractivity contribution in [3.05, 3.63) is 45.3 Å². The highest BCUT2D eigenvalue weighted by molar-refractivity contribution is 5.81. The normalized spacial score (nSPS) is 22.1. The van der Waals surface area contributed by atoms with E-state index in [0.717, 1.165) is 23.1 Å².